The minimum atomic E-state index is -3.45. The standard InChI is InChI=1S/C19H23NO8S/c1-29(25,26)20-12-6-4-5-11(9-12)13-7-2-3-8-14(13)27-19-18(24)17(23)16(22)15(10-21)28-19/h2-9,15-24H,10H2,1H3/t15-,16?,17?,18?,19?/m1/s1. The molecule has 1 aliphatic heterocycles. The SMILES string of the molecule is CS(=O)(=O)Nc1cccc(-c2ccccc2OC2O[C@H](CO)C(O)C(O)C2O)c1. The molecular formula is C19H23NO8S. The summed E-state index contributed by atoms with van der Waals surface area (Å²) >= 11 is 0. The van der Waals surface area contributed by atoms with Gasteiger partial charge < -0.3 is 29.9 Å². The minimum absolute atomic E-state index is 0.299. The number of hydrogen-bond donors (Lipinski definition) is 5. The average Bonchev–Trinajstić information content (AvgIpc) is 2.67. The van der Waals surface area contributed by atoms with Crippen LogP contribution in [0, 0.1) is 0 Å². The molecule has 4 unspecified atom stereocenters. The van der Waals surface area contributed by atoms with Crippen LogP contribution in [-0.4, -0.2) is 72.4 Å². The molecule has 0 bridgehead atoms. The first kappa shape index (κ1) is 21.5. The Labute approximate surface area is 168 Å². The second-order valence-electron chi connectivity index (χ2n) is 6.77. The lowest BCUT2D eigenvalue weighted by molar-refractivity contribution is -0.277. The number of nitrogens with one attached hydrogen (secondary N) is 1. The van der Waals surface area contributed by atoms with Crippen molar-refractivity contribution in [3.63, 3.8) is 0 Å². The molecule has 1 saturated heterocycles. The third-order valence-electron chi connectivity index (χ3n) is 4.46. The topological polar surface area (TPSA) is 146 Å². The van der Waals surface area contributed by atoms with Gasteiger partial charge in [-0.25, -0.2) is 8.42 Å². The van der Waals surface area contributed by atoms with Crippen molar-refractivity contribution in [2.75, 3.05) is 17.6 Å². The molecule has 5 atom stereocenters. The van der Waals surface area contributed by atoms with Crippen LogP contribution >= 0.6 is 0 Å². The van der Waals surface area contributed by atoms with Crippen LogP contribution in [0.4, 0.5) is 5.69 Å². The zero-order chi connectivity index (χ0) is 21.2. The van der Waals surface area contributed by atoms with E-state index < -0.39 is 47.3 Å². The van der Waals surface area contributed by atoms with Crippen molar-refractivity contribution in [1.82, 2.24) is 0 Å². The molecule has 9 nitrogen and oxygen atoms in total. The summed E-state index contributed by atoms with van der Waals surface area (Å²) < 4.78 is 36.5. The van der Waals surface area contributed by atoms with Gasteiger partial charge in [-0.1, -0.05) is 30.3 Å². The molecule has 0 spiro atoms. The molecule has 0 radical (unpaired) electrons. The monoisotopic (exact) mass is 425 g/mol. The molecule has 29 heavy (non-hydrogen) atoms. The second kappa shape index (κ2) is 8.66. The highest BCUT2D eigenvalue weighted by atomic mass is 32.2. The van der Waals surface area contributed by atoms with Crippen LogP contribution in [0.5, 0.6) is 5.75 Å². The van der Waals surface area contributed by atoms with E-state index in [0.717, 1.165) is 6.26 Å². The molecule has 1 fully saturated rings. The smallest absolute Gasteiger partial charge is 0.229 e. The number of aliphatic hydroxyl groups is 4. The van der Waals surface area contributed by atoms with E-state index in [9.17, 15) is 28.8 Å². The molecule has 0 aromatic heterocycles. The summed E-state index contributed by atoms with van der Waals surface area (Å²) in [6.07, 6.45) is -5.95. The van der Waals surface area contributed by atoms with E-state index in [2.05, 4.69) is 4.72 Å². The lowest BCUT2D eigenvalue weighted by Crippen LogP contribution is -2.60. The minimum Gasteiger partial charge on any atom is -0.461 e. The zero-order valence-electron chi connectivity index (χ0n) is 15.5. The van der Waals surface area contributed by atoms with Gasteiger partial charge in [0.15, 0.2) is 0 Å². The highest BCUT2D eigenvalue weighted by molar-refractivity contribution is 7.92. The molecule has 0 aliphatic carbocycles. The van der Waals surface area contributed by atoms with Crippen molar-refractivity contribution >= 4 is 15.7 Å². The molecule has 5 N–H and O–H groups in total. The fraction of sp³-hybridized carbons (Fsp3) is 0.368. The number of hydrogen-bond acceptors (Lipinski definition) is 8. The van der Waals surface area contributed by atoms with Gasteiger partial charge in [0.1, 0.15) is 30.2 Å². The Bertz CT molecular complexity index is 949. The average molecular weight is 425 g/mol. The normalized spacial score (nSPS) is 27.4. The molecule has 2 aromatic carbocycles. The van der Waals surface area contributed by atoms with E-state index >= 15 is 0 Å². The number of ether oxygens (including phenoxy) is 2. The van der Waals surface area contributed by atoms with E-state index in [0.29, 0.717) is 22.6 Å². The van der Waals surface area contributed by atoms with Gasteiger partial charge in [-0.2, -0.15) is 0 Å². The maximum absolute atomic E-state index is 11.5. The fourth-order valence-corrected chi connectivity index (χ4v) is 3.62. The third-order valence-corrected chi connectivity index (χ3v) is 5.06. The Hall–Kier alpha value is -2.21. The Balaban J connectivity index is 1.89. The van der Waals surface area contributed by atoms with E-state index in [1.54, 1.807) is 48.5 Å². The van der Waals surface area contributed by atoms with Gasteiger partial charge in [0.25, 0.3) is 0 Å². The van der Waals surface area contributed by atoms with Crippen molar-refractivity contribution in [3.05, 3.63) is 48.5 Å². The highest BCUT2D eigenvalue weighted by Gasteiger charge is 2.44. The molecule has 1 heterocycles. The molecule has 0 amide bonds. The third kappa shape index (κ3) is 5.04. The van der Waals surface area contributed by atoms with Gasteiger partial charge in [0, 0.05) is 11.3 Å². The maximum Gasteiger partial charge on any atom is 0.229 e. The van der Waals surface area contributed by atoms with Crippen LogP contribution < -0.4 is 9.46 Å². The Morgan fingerprint density at radius 3 is 2.45 bits per heavy atom. The first-order chi connectivity index (χ1) is 13.7. The van der Waals surface area contributed by atoms with Gasteiger partial charge in [-0.05, 0) is 23.8 Å². The van der Waals surface area contributed by atoms with Crippen LogP contribution in [0.25, 0.3) is 11.1 Å². The van der Waals surface area contributed by atoms with Crippen LogP contribution in [-0.2, 0) is 14.8 Å². The molecule has 158 valence electrons. The number of para-hydroxylation sites is 1. The van der Waals surface area contributed by atoms with Crippen molar-refractivity contribution in [2.45, 2.75) is 30.7 Å². The van der Waals surface area contributed by atoms with Gasteiger partial charge in [-0.3, -0.25) is 4.72 Å². The van der Waals surface area contributed by atoms with Crippen molar-refractivity contribution in [3.8, 4) is 16.9 Å². The van der Waals surface area contributed by atoms with Crippen molar-refractivity contribution in [1.29, 1.82) is 0 Å². The Morgan fingerprint density at radius 1 is 1.03 bits per heavy atom. The molecular weight excluding hydrogens is 402 g/mol. The van der Waals surface area contributed by atoms with Crippen LogP contribution in [0.1, 0.15) is 0 Å². The van der Waals surface area contributed by atoms with E-state index in [-0.39, 0.29) is 0 Å². The van der Waals surface area contributed by atoms with E-state index in [4.69, 9.17) is 9.47 Å². The first-order valence-corrected chi connectivity index (χ1v) is 10.7. The molecule has 0 saturated carbocycles. The number of sulfonamides is 1. The van der Waals surface area contributed by atoms with Crippen molar-refractivity contribution in [2.24, 2.45) is 0 Å². The van der Waals surface area contributed by atoms with Gasteiger partial charge in [0.2, 0.25) is 16.3 Å². The van der Waals surface area contributed by atoms with Gasteiger partial charge in [-0.15, -0.1) is 0 Å². The summed E-state index contributed by atoms with van der Waals surface area (Å²) in [5.41, 5.74) is 1.59. The quantitative estimate of drug-likeness (QED) is 0.432. The summed E-state index contributed by atoms with van der Waals surface area (Å²) in [5.74, 6) is 0.299. The van der Waals surface area contributed by atoms with Crippen LogP contribution in [0.2, 0.25) is 0 Å². The number of anilines is 1. The predicted molar refractivity (Wildman–Crippen MR) is 105 cm³/mol. The molecule has 1 aliphatic rings. The number of rotatable bonds is 6. The van der Waals surface area contributed by atoms with E-state index in [1.807, 2.05) is 0 Å². The number of aliphatic hydroxyl groups excluding tert-OH is 4. The summed E-state index contributed by atoms with van der Waals surface area (Å²) in [6, 6.07) is 13.5. The zero-order valence-corrected chi connectivity index (χ0v) is 16.4. The molecule has 10 heteroatoms. The Morgan fingerprint density at radius 2 is 1.76 bits per heavy atom. The summed E-state index contributed by atoms with van der Waals surface area (Å²) in [5, 5.41) is 39.3. The fourth-order valence-electron chi connectivity index (χ4n) is 3.06. The van der Waals surface area contributed by atoms with Crippen LogP contribution in [0.15, 0.2) is 48.5 Å². The lowest BCUT2D eigenvalue weighted by Gasteiger charge is -2.39. The van der Waals surface area contributed by atoms with Gasteiger partial charge in [0.05, 0.1) is 12.9 Å². The van der Waals surface area contributed by atoms with Crippen molar-refractivity contribution < 1.29 is 38.3 Å². The van der Waals surface area contributed by atoms with Crippen LogP contribution in [0.3, 0.4) is 0 Å². The van der Waals surface area contributed by atoms with Gasteiger partial charge >= 0.3 is 0 Å². The summed E-state index contributed by atoms with van der Waals surface area (Å²) in [6.45, 7) is -0.564. The Kier molecular flexibility index (Phi) is 6.42. The number of benzene rings is 2. The lowest BCUT2D eigenvalue weighted by atomic mass is 9.99. The largest absolute Gasteiger partial charge is 0.461 e. The first-order valence-electron chi connectivity index (χ1n) is 8.84. The second-order valence-corrected chi connectivity index (χ2v) is 8.51. The van der Waals surface area contributed by atoms with E-state index in [1.165, 1.54) is 0 Å². The highest BCUT2D eigenvalue weighted by Crippen LogP contribution is 2.34. The molecule has 2 aromatic rings. The summed E-state index contributed by atoms with van der Waals surface area (Å²) in [4.78, 5) is 0. The molecule has 3 rings (SSSR count). The maximum atomic E-state index is 11.5. The summed E-state index contributed by atoms with van der Waals surface area (Å²) in [7, 11) is -3.45. The predicted octanol–water partition coefficient (Wildman–Crippen LogP) is -0.0962.